The van der Waals surface area contributed by atoms with Crippen molar-refractivity contribution in [3.05, 3.63) is 95.3 Å². The molecule has 184 valence electrons. The number of aryl methyl sites for hydroxylation is 2. The van der Waals surface area contributed by atoms with Crippen LogP contribution in [0.15, 0.2) is 77.7 Å². The molecule has 1 aliphatic rings. The summed E-state index contributed by atoms with van der Waals surface area (Å²) in [5.41, 5.74) is 2.72. The first-order valence-electron chi connectivity index (χ1n) is 11.8. The first-order chi connectivity index (χ1) is 17.2. The zero-order valence-electron chi connectivity index (χ0n) is 20.4. The molecular formula is C28H27N3O4S. The van der Waals surface area contributed by atoms with Crippen LogP contribution in [0, 0.1) is 13.8 Å². The smallest absolute Gasteiger partial charge is 0.264 e. The van der Waals surface area contributed by atoms with Gasteiger partial charge in [-0.25, -0.2) is 18.1 Å². The molecule has 1 saturated carbocycles. The zero-order valence-corrected chi connectivity index (χ0v) is 21.2. The molecule has 0 saturated heterocycles. The zero-order chi connectivity index (χ0) is 25.5. The lowest BCUT2D eigenvalue weighted by Gasteiger charge is -2.19. The van der Waals surface area contributed by atoms with Crippen LogP contribution in [0.5, 0.6) is 5.88 Å². The van der Waals surface area contributed by atoms with Gasteiger partial charge in [-0.05, 0) is 63.1 Å². The van der Waals surface area contributed by atoms with Crippen LogP contribution in [0.3, 0.4) is 0 Å². The van der Waals surface area contributed by atoms with Crippen molar-refractivity contribution in [3.63, 3.8) is 0 Å². The highest BCUT2D eigenvalue weighted by molar-refractivity contribution is 7.90. The van der Waals surface area contributed by atoms with E-state index in [1.165, 1.54) is 6.07 Å². The van der Waals surface area contributed by atoms with E-state index in [2.05, 4.69) is 14.7 Å². The Hall–Kier alpha value is -3.78. The van der Waals surface area contributed by atoms with Gasteiger partial charge in [0.25, 0.3) is 10.0 Å². The second-order valence-corrected chi connectivity index (χ2v) is 10.8. The Balaban J connectivity index is 1.54. The van der Waals surface area contributed by atoms with Crippen molar-refractivity contribution in [3.8, 4) is 5.88 Å². The lowest BCUT2D eigenvalue weighted by Crippen LogP contribution is -2.40. The van der Waals surface area contributed by atoms with Crippen LogP contribution in [0.4, 0.5) is 0 Å². The number of ether oxygens (including phenoxy) is 1. The summed E-state index contributed by atoms with van der Waals surface area (Å²) in [5, 5.41) is 0.464. The Morgan fingerprint density at radius 3 is 2.58 bits per heavy atom. The van der Waals surface area contributed by atoms with E-state index < -0.39 is 21.3 Å². The van der Waals surface area contributed by atoms with Gasteiger partial charge < -0.3 is 4.74 Å². The Labute approximate surface area is 210 Å². The number of fused-ring (bicyclic) bond motifs is 1. The maximum Gasteiger partial charge on any atom is 0.264 e. The van der Waals surface area contributed by atoms with Gasteiger partial charge in [0.2, 0.25) is 11.8 Å². The molecule has 8 heteroatoms. The number of sulfonamides is 1. The minimum absolute atomic E-state index is 0.0221. The van der Waals surface area contributed by atoms with E-state index in [1.54, 1.807) is 30.3 Å². The van der Waals surface area contributed by atoms with E-state index in [0.717, 1.165) is 16.8 Å². The summed E-state index contributed by atoms with van der Waals surface area (Å²) < 4.78 is 34.9. The summed E-state index contributed by atoms with van der Waals surface area (Å²) in [6, 6.07) is 21.4. The highest BCUT2D eigenvalue weighted by Gasteiger charge is 2.63. The van der Waals surface area contributed by atoms with Crippen molar-refractivity contribution in [1.82, 2.24) is 14.7 Å². The van der Waals surface area contributed by atoms with Crippen molar-refractivity contribution < 1.29 is 17.9 Å². The molecule has 1 amide bonds. The Morgan fingerprint density at radius 2 is 1.81 bits per heavy atom. The van der Waals surface area contributed by atoms with Crippen LogP contribution in [-0.2, 0) is 20.2 Å². The fraction of sp³-hybridized carbons (Fsp3) is 0.250. The maximum absolute atomic E-state index is 13.8. The van der Waals surface area contributed by atoms with Gasteiger partial charge in [-0.15, -0.1) is 0 Å². The number of nitrogens with one attached hydrogen (secondary N) is 1. The van der Waals surface area contributed by atoms with E-state index in [0.29, 0.717) is 35.5 Å². The fourth-order valence-corrected chi connectivity index (χ4v) is 6.08. The third kappa shape index (κ3) is 4.22. The van der Waals surface area contributed by atoms with E-state index >= 15 is 0 Å². The minimum Gasteiger partial charge on any atom is -0.478 e. The third-order valence-corrected chi connectivity index (χ3v) is 8.03. The van der Waals surface area contributed by atoms with Gasteiger partial charge in [0.05, 0.1) is 22.4 Å². The molecule has 0 bridgehead atoms. The van der Waals surface area contributed by atoms with Crippen LogP contribution < -0.4 is 9.46 Å². The van der Waals surface area contributed by atoms with Crippen molar-refractivity contribution in [2.45, 2.75) is 43.4 Å². The number of aromatic nitrogens is 2. The number of carbonyl (C=O) groups excluding carboxylic acids is 1. The molecule has 1 N–H and O–H groups in total. The van der Waals surface area contributed by atoms with Crippen molar-refractivity contribution in [2.75, 3.05) is 6.61 Å². The molecule has 36 heavy (non-hydrogen) atoms. The molecule has 5 rings (SSSR count). The average molecular weight is 502 g/mol. The summed E-state index contributed by atoms with van der Waals surface area (Å²) in [6.07, 6.45) is 0.441. The van der Waals surface area contributed by atoms with Gasteiger partial charge in [0, 0.05) is 28.8 Å². The minimum atomic E-state index is -4.17. The predicted molar refractivity (Wildman–Crippen MR) is 137 cm³/mol. The average Bonchev–Trinajstić information content (AvgIpc) is 3.61. The third-order valence-electron chi connectivity index (χ3n) is 6.64. The van der Waals surface area contributed by atoms with E-state index in [1.807, 2.05) is 57.2 Å². The molecule has 2 aromatic heterocycles. The Morgan fingerprint density at radius 1 is 1.03 bits per heavy atom. The molecule has 0 unspecified atom stereocenters. The number of amides is 1. The molecule has 0 radical (unpaired) electrons. The van der Waals surface area contributed by atoms with Crippen LogP contribution in [0.2, 0.25) is 0 Å². The molecule has 2 aromatic carbocycles. The van der Waals surface area contributed by atoms with Gasteiger partial charge in [-0.2, -0.15) is 0 Å². The van der Waals surface area contributed by atoms with E-state index in [-0.39, 0.29) is 10.8 Å². The van der Waals surface area contributed by atoms with Gasteiger partial charge in [-0.3, -0.25) is 9.78 Å². The first-order valence-corrected chi connectivity index (χ1v) is 13.3. The molecule has 4 aromatic rings. The number of rotatable bonds is 7. The number of nitrogens with zero attached hydrogens (tertiary/aromatic N) is 2. The first kappa shape index (κ1) is 23.9. The summed E-state index contributed by atoms with van der Waals surface area (Å²) >= 11 is 0. The highest BCUT2D eigenvalue weighted by Crippen LogP contribution is 2.60. The molecule has 0 spiro atoms. The topological polar surface area (TPSA) is 98.2 Å². The van der Waals surface area contributed by atoms with Crippen LogP contribution in [0.1, 0.15) is 41.8 Å². The number of benzene rings is 2. The summed E-state index contributed by atoms with van der Waals surface area (Å²) in [5.74, 6) is -0.378. The summed E-state index contributed by atoms with van der Waals surface area (Å²) in [7, 11) is -4.17. The van der Waals surface area contributed by atoms with Crippen molar-refractivity contribution >= 4 is 26.8 Å². The fourth-order valence-electron chi connectivity index (χ4n) is 4.83. The van der Waals surface area contributed by atoms with Crippen molar-refractivity contribution in [2.24, 2.45) is 0 Å². The van der Waals surface area contributed by atoms with Crippen LogP contribution in [0.25, 0.3) is 10.9 Å². The van der Waals surface area contributed by atoms with Gasteiger partial charge in [0.1, 0.15) is 0 Å². The van der Waals surface area contributed by atoms with Gasteiger partial charge >= 0.3 is 0 Å². The summed E-state index contributed by atoms with van der Waals surface area (Å²) in [6.45, 7) is 6.14. The Kier molecular flexibility index (Phi) is 6.00. The number of carbonyl (C=O) groups is 1. The normalized spacial score (nSPS) is 19.1. The molecule has 2 atom stereocenters. The quantitative estimate of drug-likeness (QED) is 0.398. The van der Waals surface area contributed by atoms with Gasteiger partial charge in [-0.1, -0.05) is 42.0 Å². The number of hydrogen-bond donors (Lipinski definition) is 1. The number of hydrogen-bond acceptors (Lipinski definition) is 6. The molecule has 2 heterocycles. The molecule has 1 fully saturated rings. The second kappa shape index (κ2) is 9.02. The molecule has 0 aliphatic heterocycles. The summed E-state index contributed by atoms with van der Waals surface area (Å²) in [4.78, 5) is 22.9. The lowest BCUT2D eigenvalue weighted by molar-refractivity contribution is -0.121. The number of pyridine rings is 2. The predicted octanol–water partition coefficient (Wildman–Crippen LogP) is 4.58. The second-order valence-electron chi connectivity index (χ2n) is 9.14. The van der Waals surface area contributed by atoms with Crippen LogP contribution in [-0.4, -0.2) is 30.9 Å². The Bertz CT molecular complexity index is 1590. The highest BCUT2D eigenvalue weighted by atomic mass is 32.2. The largest absolute Gasteiger partial charge is 0.478 e. The maximum atomic E-state index is 13.8. The van der Waals surface area contributed by atoms with Gasteiger partial charge in [0.15, 0.2) is 0 Å². The molecular weight excluding hydrogens is 474 g/mol. The lowest BCUT2D eigenvalue weighted by atomic mass is 9.90. The monoisotopic (exact) mass is 501 g/mol. The van der Waals surface area contributed by atoms with Crippen LogP contribution >= 0.6 is 0 Å². The van der Waals surface area contributed by atoms with Crippen molar-refractivity contribution in [1.29, 1.82) is 0 Å². The standard InChI is InChI=1S/C28H27N3O4S/c1-4-35-26-13-7-11-24(30-26)22-17-28(22,20-9-5-8-18(2)16-20)27(32)31-36(33,34)25-12-6-10-23-21(25)15-14-19(3)29-23/h5-16,22H,4,17H2,1-3H3,(H,31,32)/t22-,28-/m1/s1. The molecule has 7 nitrogen and oxygen atoms in total. The van der Waals surface area contributed by atoms with E-state index in [4.69, 9.17) is 4.74 Å². The molecule has 1 aliphatic carbocycles. The van der Waals surface area contributed by atoms with E-state index in [9.17, 15) is 13.2 Å². The SMILES string of the molecule is CCOc1cccc([C@H]2C[C@@]2(C(=O)NS(=O)(=O)c2cccc3nc(C)ccc23)c2cccc(C)c2)n1.